The molecule has 0 bridgehead atoms. The maximum atomic E-state index is 13.4. The fourth-order valence-electron chi connectivity index (χ4n) is 3.62. The zero-order valence-corrected chi connectivity index (χ0v) is 18.2. The van der Waals surface area contributed by atoms with Crippen molar-refractivity contribution in [2.75, 3.05) is 10.3 Å². The molecule has 1 aliphatic heterocycles. The van der Waals surface area contributed by atoms with Gasteiger partial charge in [0.2, 0.25) is 0 Å². The average Bonchev–Trinajstić information content (AvgIpc) is 3.09. The first-order chi connectivity index (χ1) is 15.9. The van der Waals surface area contributed by atoms with Crippen molar-refractivity contribution in [1.29, 1.82) is 0 Å². The van der Waals surface area contributed by atoms with E-state index in [0.29, 0.717) is 40.0 Å². The van der Waals surface area contributed by atoms with Gasteiger partial charge in [0.25, 0.3) is 5.91 Å². The van der Waals surface area contributed by atoms with Gasteiger partial charge in [0.05, 0.1) is 11.4 Å². The summed E-state index contributed by atoms with van der Waals surface area (Å²) in [7, 11) is 0. The minimum atomic E-state index is -0.647. The van der Waals surface area contributed by atoms with Crippen LogP contribution in [0.4, 0.5) is 21.5 Å². The molecule has 0 fully saturated rings. The Morgan fingerprint density at radius 2 is 1.88 bits per heavy atom. The van der Waals surface area contributed by atoms with E-state index in [1.807, 2.05) is 32.0 Å². The summed E-state index contributed by atoms with van der Waals surface area (Å²) in [6.07, 6.45) is 3.53. The summed E-state index contributed by atoms with van der Waals surface area (Å²) in [6, 6.07) is 15.4. The lowest BCUT2D eigenvalue weighted by Crippen LogP contribution is -2.26. The minimum absolute atomic E-state index is 0.0862. The first-order valence-corrected chi connectivity index (χ1v) is 10.3. The predicted molar refractivity (Wildman–Crippen MR) is 128 cm³/mol. The Bertz CT molecular complexity index is 1310. The van der Waals surface area contributed by atoms with Crippen LogP contribution in [0.1, 0.15) is 27.8 Å². The maximum absolute atomic E-state index is 13.4. The number of phenolic OH excluding ortho intramolecular Hbond substituents is 1. The molecular weight excluding hydrogens is 421 g/mol. The van der Waals surface area contributed by atoms with E-state index in [0.717, 1.165) is 11.1 Å². The summed E-state index contributed by atoms with van der Waals surface area (Å²) in [5.74, 6) is -0.446. The Hall–Kier alpha value is -4.26. The van der Waals surface area contributed by atoms with E-state index in [4.69, 9.17) is 0 Å². The Labute approximate surface area is 190 Å². The van der Waals surface area contributed by atoms with E-state index in [1.165, 1.54) is 17.0 Å². The number of aromatic hydroxyl groups is 1. The molecule has 3 aromatic rings. The molecule has 7 heteroatoms. The highest BCUT2D eigenvalue weighted by molar-refractivity contribution is 6.55. The van der Waals surface area contributed by atoms with Crippen molar-refractivity contribution >= 4 is 41.0 Å². The van der Waals surface area contributed by atoms with E-state index in [1.54, 1.807) is 36.4 Å². The molecule has 0 aliphatic carbocycles. The number of fused-ring (bicyclic) bond motifs is 1. The summed E-state index contributed by atoms with van der Waals surface area (Å²) < 4.78 is 13.4. The molecule has 166 valence electrons. The van der Waals surface area contributed by atoms with E-state index in [9.17, 15) is 19.1 Å². The molecule has 1 heterocycles. The smallest absolute Gasteiger partial charge is 0.283 e. The number of allylic oxidation sites excluding steroid dienone is 1. The molecule has 0 radical (unpaired) electrons. The second kappa shape index (κ2) is 9.08. The van der Waals surface area contributed by atoms with Crippen molar-refractivity contribution in [3.63, 3.8) is 0 Å². The van der Waals surface area contributed by atoms with Gasteiger partial charge in [-0.05, 0) is 72.5 Å². The summed E-state index contributed by atoms with van der Waals surface area (Å²) >= 11 is 0. The van der Waals surface area contributed by atoms with Crippen molar-refractivity contribution in [1.82, 2.24) is 0 Å². The van der Waals surface area contributed by atoms with Gasteiger partial charge in [-0.2, -0.15) is 5.10 Å². The number of hydrogen-bond donors (Lipinski definition) is 2. The molecule has 0 aromatic heterocycles. The zero-order chi connectivity index (χ0) is 23.5. The number of anilines is 3. The molecule has 0 saturated carbocycles. The third-order valence-electron chi connectivity index (χ3n) is 5.54. The van der Waals surface area contributed by atoms with E-state index in [-0.39, 0.29) is 17.4 Å². The van der Waals surface area contributed by atoms with Crippen LogP contribution >= 0.6 is 0 Å². The van der Waals surface area contributed by atoms with Crippen molar-refractivity contribution in [3.8, 4) is 5.75 Å². The quantitative estimate of drug-likeness (QED) is 0.238. The average molecular weight is 443 g/mol. The Morgan fingerprint density at radius 3 is 2.58 bits per heavy atom. The van der Waals surface area contributed by atoms with Gasteiger partial charge in [-0.15, -0.1) is 0 Å². The number of hydrazone groups is 1. The molecule has 0 unspecified atom stereocenters. The monoisotopic (exact) mass is 443 g/mol. The standard InChI is InChI=1S/C26H22FN3O3/c1-16-5-8-20(12-17(16)2)30-23-13-19(15-27)6-9-21(23)25(26(30)33)29-28-22-10-7-18(4-3-11-31)14-24(22)32/h3-14,28,32H,15H2,1-2H3/b4-3+,29-25-. The number of nitrogens with zero attached hydrogens (tertiary/aromatic N) is 2. The highest BCUT2D eigenvalue weighted by Crippen LogP contribution is 2.37. The van der Waals surface area contributed by atoms with Gasteiger partial charge in [0, 0.05) is 11.3 Å². The molecule has 2 N–H and O–H groups in total. The van der Waals surface area contributed by atoms with E-state index in [2.05, 4.69) is 10.5 Å². The largest absolute Gasteiger partial charge is 0.506 e. The number of carbonyl (C=O) groups excluding carboxylic acids is 2. The van der Waals surface area contributed by atoms with Gasteiger partial charge in [-0.3, -0.25) is 19.9 Å². The molecular formula is C26H22FN3O3. The van der Waals surface area contributed by atoms with Gasteiger partial charge in [-0.1, -0.05) is 30.3 Å². The molecule has 1 amide bonds. The maximum Gasteiger partial charge on any atom is 0.283 e. The lowest BCUT2D eigenvalue weighted by atomic mass is 10.1. The Kier molecular flexibility index (Phi) is 6.04. The van der Waals surface area contributed by atoms with Crippen molar-refractivity contribution in [3.05, 3.63) is 88.5 Å². The normalized spacial score (nSPS) is 14.2. The number of benzene rings is 3. The van der Waals surface area contributed by atoms with E-state index >= 15 is 0 Å². The zero-order valence-electron chi connectivity index (χ0n) is 18.2. The van der Waals surface area contributed by atoms with Gasteiger partial charge in [-0.25, -0.2) is 4.39 Å². The fourth-order valence-corrected chi connectivity index (χ4v) is 3.62. The number of alkyl halides is 1. The van der Waals surface area contributed by atoms with Gasteiger partial charge in [0.1, 0.15) is 18.7 Å². The van der Waals surface area contributed by atoms with Crippen molar-refractivity contribution in [2.45, 2.75) is 20.5 Å². The van der Waals surface area contributed by atoms with Gasteiger partial charge < -0.3 is 5.11 Å². The van der Waals surface area contributed by atoms with Crippen LogP contribution < -0.4 is 10.3 Å². The van der Waals surface area contributed by atoms with Crippen LogP contribution in [0, 0.1) is 13.8 Å². The fraction of sp³-hybridized carbons (Fsp3) is 0.115. The summed E-state index contributed by atoms with van der Waals surface area (Å²) in [5.41, 5.74) is 8.21. The molecule has 6 nitrogen and oxygen atoms in total. The number of halogens is 1. The van der Waals surface area contributed by atoms with Crippen LogP contribution in [0.2, 0.25) is 0 Å². The summed E-state index contributed by atoms with van der Waals surface area (Å²) in [6.45, 7) is 3.31. The Morgan fingerprint density at radius 1 is 1.06 bits per heavy atom. The first kappa shape index (κ1) is 22.0. The number of carbonyl (C=O) groups is 2. The molecule has 4 rings (SSSR count). The van der Waals surface area contributed by atoms with Crippen molar-refractivity contribution < 1.29 is 19.1 Å². The number of aryl methyl sites for hydroxylation is 2. The molecule has 1 aliphatic rings. The number of nitrogens with one attached hydrogen (secondary N) is 1. The van der Waals surface area contributed by atoms with Crippen LogP contribution in [-0.4, -0.2) is 23.0 Å². The van der Waals surface area contributed by atoms with Crippen LogP contribution in [0.15, 0.2) is 65.8 Å². The Balaban J connectivity index is 1.73. The minimum Gasteiger partial charge on any atom is -0.506 e. The van der Waals surface area contributed by atoms with Crippen LogP contribution in [0.3, 0.4) is 0 Å². The SMILES string of the molecule is Cc1ccc(N2C(=O)/C(=N\Nc3ccc(/C=C/C=O)cc3O)c3ccc(CF)cc32)cc1C. The number of phenols is 1. The summed E-state index contributed by atoms with van der Waals surface area (Å²) in [4.78, 5) is 25.4. The lowest BCUT2D eigenvalue weighted by molar-refractivity contribution is -0.111. The number of rotatable bonds is 6. The third-order valence-corrected chi connectivity index (χ3v) is 5.54. The molecule has 33 heavy (non-hydrogen) atoms. The second-order valence-electron chi connectivity index (χ2n) is 7.74. The highest BCUT2D eigenvalue weighted by Gasteiger charge is 2.35. The topological polar surface area (TPSA) is 82.0 Å². The molecule has 0 spiro atoms. The lowest BCUT2D eigenvalue weighted by Gasteiger charge is -2.18. The third kappa shape index (κ3) is 4.25. The van der Waals surface area contributed by atoms with Crippen molar-refractivity contribution in [2.24, 2.45) is 5.10 Å². The van der Waals surface area contributed by atoms with Gasteiger partial charge >= 0.3 is 0 Å². The number of hydrogen-bond acceptors (Lipinski definition) is 5. The molecule has 0 atom stereocenters. The predicted octanol–water partition coefficient (Wildman–Crippen LogP) is 5.19. The second-order valence-corrected chi connectivity index (χ2v) is 7.74. The number of aldehydes is 1. The summed E-state index contributed by atoms with van der Waals surface area (Å²) in [5, 5.41) is 14.6. The van der Waals surface area contributed by atoms with Crippen LogP contribution in [-0.2, 0) is 16.3 Å². The van der Waals surface area contributed by atoms with E-state index < -0.39 is 6.67 Å². The molecule has 0 saturated heterocycles. The van der Waals surface area contributed by atoms with Crippen LogP contribution in [0.25, 0.3) is 6.08 Å². The first-order valence-electron chi connectivity index (χ1n) is 10.3. The highest BCUT2D eigenvalue weighted by atomic mass is 19.1. The van der Waals surface area contributed by atoms with Gasteiger partial charge in [0.15, 0.2) is 5.71 Å². The number of amides is 1. The van der Waals surface area contributed by atoms with Crippen LogP contribution in [0.5, 0.6) is 5.75 Å². The molecule has 3 aromatic carbocycles.